The van der Waals surface area contributed by atoms with E-state index in [-0.39, 0.29) is 12.5 Å². The maximum absolute atomic E-state index is 11.5. The summed E-state index contributed by atoms with van der Waals surface area (Å²) in [6.45, 7) is 0.754. The minimum atomic E-state index is -0.753. The zero-order chi connectivity index (χ0) is 13.7. The third-order valence-corrected chi connectivity index (χ3v) is 3.93. The van der Waals surface area contributed by atoms with E-state index in [1.807, 2.05) is 30.3 Å². The first-order valence-electron chi connectivity index (χ1n) is 6.80. The smallest absolute Gasteiger partial charge is 0.311 e. The Morgan fingerprint density at radius 3 is 2.58 bits per heavy atom. The first kappa shape index (κ1) is 13.9. The van der Waals surface area contributed by atoms with Gasteiger partial charge < -0.3 is 15.6 Å². The molecule has 1 aliphatic carbocycles. The van der Waals surface area contributed by atoms with Gasteiger partial charge in [0, 0.05) is 6.54 Å². The van der Waals surface area contributed by atoms with Crippen molar-refractivity contribution in [2.45, 2.75) is 25.7 Å². The van der Waals surface area contributed by atoms with Crippen molar-refractivity contribution < 1.29 is 14.6 Å². The van der Waals surface area contributed by atoms with Gasteiger partial charge in [-0.2, -0.15) is 0 Å². The van der Waals surface area contributed by atoms with Crippen LogP contribution in [0.4, 0.5) is 0 Å². The molecular formula is C15H21NO3. The van der Waals surface area contributed by atoms with Gasteiger partial charge in [-0.15, -0.1) is 0 Å². The highest BCUT2D eigenvalue weighted by Gasteiger charge is 2.49. The monoisotopic (exact) mass is 263 g/mol. The molecule has 1 fully saturated rings. The van der Waals surface area contributed by atoms with Gasteiger partial charge in [0.2, 0.25) is 0 Å². The Balaban J connectivity index is 1.81. The van der Waals surface area contributed by atoms with Crippen LogP contribution in [0, 0.1) is 11.3 Å². The Kier molecular flexibility index (Phi) is 4.43. The molecule has 1 aromatic carbocycles. The van der Waals surface area contributed by atoms with E-state index in [4.69, 9.17) is 10.5 Å². The number of benzene rings is 1. The van der Waals surface area contributed by atoms with E-state index in [0.29, 0.717) is 13.0 Å². The van der Waals surface area contributed by atoms with E-state index in [0.717, 1.165) is 25.0 Å². The molecule has 19 heavy (non-hydrogen) atoms. The van der Waals surface area contributed by atoms with Crippen molar-refractivity contribution >= 4 is 5.97 Å². The molecule has 104 valence electrons. The third kappa shape index (κ3) is 3.26. The Morgan fingerprint density at radius 2 is 2.05 bits per heavy atom. The minimum absolute atomic E-state index is 0.221. The SMILES string of the molecule is NCC(CCCOc1ccccc1)(C(=O)O)C1CC1. The summed E-state index contributed by atoms with van der Waals surface area (Å²) in [5.74, 6) is 0.325. The van der Waals surface area contributed by atoms with Crippen LogP contribution in [0.3, 0.4) is 0 Å². The Bertz CT molecular complexity index is 417. The Morgan fingerprint density at radius 1 is 1.37 bits per heavy atom. The number of ether oxygens (including phenoxy) is 1. The fraction of sp³-hybridized carbons (Fsp3) is 0.533. The molecular weight excluding hydrogens is 242 g/mol. The van der Waals surface area contributed by atoms with Gasteiger partial charge in [-0.25, -0.2) is 0 Å². The number of aliphatic carboxylic acids is 1. The quantitative estimate of drug-likeness (QED) is 0.706. The van der Waals surface area contributed by atoms with Gasteiger partial charge in [0.15, 0.2) is 0 Å². The molecule has 1 aromatic rings. The predicted molar refractivity (Wildman–Crippen MR) is 73.0 cm³/mol. The van der Waals surface area contributed by atoms with Gasteiger partial charge >= 0.3 is 5.97 Å². The van der Waals surface area contributed by atoms with Crippen molar-refractivity contribution in [3.63, 3.8) is 0 Å². The van der Waals surface area contributed by atoms with Crippen LogP contribution in [-0.2, 0) is 4.79 Å². The van der Waals surface area contributed by atoms with Gasteiger partial charge in [-0.1, -0.05) is 18.2 Å². The number of para-hydroxylation sites is 1. The number of carbonyl (C=O) groups is 1. The number of carboxylic acids is 1. The summed E-state index contributed by atoms with van der Waals surface area (Å²) in [7, 11) is 0. The number of hydrogen-bond acceptors (Lipinski definition) is 3. The fourth-order valence-electron chi connectivity index (χ4n) is 2.57. The molecule has 4 nitrogen and oxygen atoms in total. The standard InChI is InChI=1S/C15H21NO3/c16-11-15(14(17)18,12-7-8-12)9-4-10-19-13-5-2-1-3-6-13/h1-3,5-6,12H,4,7-11,16H2,(H,17,18). The van der Waals surface area contributed by atoms with E-state index in [2.05, 4.69) is 0 Å². The zero-order valence-electron chi connectivity index (χ0n) is 11.0. The maximum atomic E-state index is 11.5. The molecule has 4 heteroatoms. The second kappa shape index (κ2) is 6.06. The lowest BCUT2D eigenvalue weighted by Gasteiger charge is -2.27. The second-order valence-electron chi connectivity index (χ2n) is 5.20. The number of rotatable bonds is 8. The highest BCUT2D eigenvalue weighted by atomic mass is 16.5. The summed E-state index contributed by atoms with van der Waals surface area (Å²) < 4.78 is 5.59. The van der Waals surface area contributed by atoms with Crippen LogP contribution >= 0.6 is 0 Å². The van der Waals surface area contributed by atoms with Crippen LogP contribution in [0.5, 0.6) is 5.75 Å². The molecule has 1 unspecified atom stereocenters. The third-order valence-electron chi connectivity index (χ3n) is 3.93. The van der Waals surface area contributed by atoms with Crippen LogP contribution in [0.2, 0.25) is 0 Å². The molecule has 0 radical (unpaired) electrons. The minimum Gasteiger partial charge on any atom is -0.494 e. The molecule has 0 aromatic heterocycles. The number of hydrogen-bond donors (Lipinski definition) is 2. The Hall–Kier alpha value is -1.55. The van der Waals surface area contributed by atoms with Crippen molar-refractivity contribution in [3.8, 4) is 5.75 Å². The molecule has 0 spiro atoms. The number of carboxylic acid groups (broad SMARTS) is 1. The van der Waals surface area contributed by atoms with Gasteiger partial charge in [-0.05, 0) is 43.7 Å². The van der Waals surface area contributed by atoms with E-state index >= 15 is 0 Å². The zero-order valence-corrected chi connectivity index (χ0v) is 11.0. The molecule has 1 atom stereocenters. The maximum Gasteiger partial charge on any atom is 0.311 e. The van der Waals surface area contributed by atoms with E-state index in [9.17, 15) is 9.90 Å². The molecule has 2 rings (SSSR count). The largest absolute Gasteiger partial charge is 0.494 e. The second-order valence-corrected chi connectivity index (χ2v) is 5.20. The normalized spacial score (nSPS) is 17.7. The average Bonchev–Trinajstić information content (AvgIpc) is 3.25. The fourth-order valence-corrected chi connectivity index (χ4v) is 2.57. The molecule has 3 N–H and O–H groups in total. The highest BCUT2D eigenvalue weighted by molar-refractivity contribution is 5.75. The average molecular weight is 263 g/mol. The summed E-state index contributed by atoms with van der Waals surface area (Å²) in [4.78, 5) is 11.5. The molecule has 0 saturated heterocycles. The van der Waals surface area contributed by atoms with Gasteiger partial charge in [0.05, 0.1) is 12.0 Å². The van der Waals surface area contributed by atoms with Crippen molar-refractivity contribution in [2.24, 2.45) is 17.1 Å². The first-order chi connectivity index (χ1) is 9.19. The molecule has 0 amide bonds. The van der Waals surface area contributed by atoms with Crippen LogP contribution < -0.4 is 10.5 Å². The lowest BCUT2D eigenvalue weighted by molar-refractivity contribution is -0.150. The van der Waals surface area contributed by atoms with Crippen LogP contribution in [0.25, 0.3) is 0 Å². The van der Waals surface area contributed by atoms with Crippen molar-refractivity contribution in [1.29, 1.82) is 0 Å². The summed E-state index contributed by atoms with van der Waals surface area (Å²) >= 11 is 0. The summed E-state index contributed by atoms with van der Waals surface area (Å²) in [6.07, 6.45) is 3.29. The molecule has 0 aliphatic heterocycles. The van der Waals surface area contributed by atoms with Gasteiger partial charge in [0.25, 0.3) is 0 Å². The van der Waals surface area contributed by atoms with E-state index in [1.54, 1.807) is 0 Å². The van der Waals surface area contributed by atoms with Crippen molar-refractivity contribution in [1.82, 2.24) is 0 Å². The molecule has 0 heterocycles. The van der Waals surface area contributed by atoms with Gasteiger partial charge in [0.1, 0.15) is 5.75 Å². The summed E-state index contributed by atoms with van der Waals surface area (Å²) in [5.41, 5.74) is 4.99. The molecule has 0 bridgehead atoms. The van der Waals surface area contributed by atoms with E-state index < -0.39 is 11.4 Å². The van der Waals surface area contributed by atoms with Crippen molar-refractivity contribution in [3.05, 3.63) is 30.3 Å². The first-order valence-corrected chi connectivity index (χ1v) is 6.80. The lowest BCUT2D eigenvalue weighted by Crippen LogP contribution is -2.41. The predicted octanol–water partition coefficient (Wildman–Crippen LogP) is 2.29. The lowest BCUT2D eigenvalue weighted by atomic mass is 9.78. The van der Waals surface area contributed by atoms with Gasteiger partial charge in [-0.3, -0.25) is 4.79 Å². The molecule has 1 aliphatic rings. The van der Waals surface area contributed by atoms with Crippen LogP contribution in [0.15, 0.2) is 30.3 Å². The number of nitrogens with two attached hydrogens (primary N) is 1. The molecule has 1 saturated carbocycles. The topological polar surface area (TPSA) is 72.5 Å². The van der Waals surface area contributed by atoms with E-state index in [1.165, 1.54) is 0 Å². The highest BCUT2D eigenvalue weighted by Crippen LogP contribution is 2.48. The Labute approximate surface area is 113 Å². The summed E-state index contributed by atoms with van der Waals surface area (Å²) in [5, 5.41) is 9.43. The summed E-state index contributed by atoms with van der Waals surface area (Å²) in [6, 6.07) is 9.56. The van der Waals surface area contributed by atoms with Crippen molar-refractivity contribution in [2.75, 3.05) is 13.2 Å². The van der Waals surface area contributed by atoms with Crippen LogP contribution in [-0.4, -0.2) is 24.2 Å². The van der Waals surface area contributed by atoms with Crippen LogP contribution in [0.1, 0.15) is 25.7 Å².